The third kappa shape index (κ3) is 1.55. The zero-order valence-corrected chi connectivity index (χ0v) is 6.97. The molecular formula is C6H5BrClF. The molecule has 0 aliphatic heterocycles. The van der Waals surface area contributed by atoms with Crippen molar-refractivity contribution in [2.24, 2.45) is 0 Å². The van der Waals surface area contributed by atoms with Crippen LogP contribution in [0.1, 0.15) is 12.8 Å². The van der Waals surface area contributed by atoms with Gasteiger partial charge in [-0.3, -0.25) is 0 Å². The lowest BCUT2D eigenvalue weighted by Crippen LogP contribution is -1.87. The van der Waals surface area contributed by atoms with Crippen LogP contribution < -0.4 is 0 Å². The van der Waals surface area contributed by atoms with Crippen LogP contribution in [0.25, 0.3) is 0 Å². The Morgan fingerprint density at radius 1 is 1.67 bits per heavy atom. The third-order valence-corrected chi connectivity index (χ3v) is 2.20. The van der Waals surface area contributed by atoms with Crippen LogP contribution in [0.15, 0.2) is 21.4 Å². The Balaban J connectivity index is 2.88. The van der Waals surface area contributed by atoms with E-state index < -0.39 is 0 Å². The van der Waals surface area contributed by atoms with Crippen molar-refractivity contribution < 1.29 is 4.39 Å². The van der Waals surface area contributed by atoms with Gasteiger partial charge in [-0.25, -0.2) is 4.39 Å². The van der Waals surface area contributed by atoms with Gasteiger partial charge >= 0.3 is 0 Å². The van der Waals surface area contributed by atoms with Crippen molar-refractivity contribution in [3.05, 3.63) is 21.4 Å². The molecule has 0 heterocycles. The van der Waals surface area contributed by atoms with Gasteiger partial charge in [-0.2, -0.15) is 0 Å². The molecule has 0 aromatic rings. The van der Waals surface area contributed by atoms with Crippen molar-refractivity contribution in [1.82, 2.24) is 0 Å². The first kappa shape index (κ1) is 7.29. The van der Waals surface area contributed by atoms with E-state index in [1.807, 2.05) is 0 Å². The Morgan fingerprint density at radius 2 is 2.33 bits per heavy atom. The SMILES string of the molecule is FC1=C(Br)CCC=C1Cl. The molecule has 0 atom stereocenters. The average molecular weight is 211 g/mol. The molecular weight excluding hydrogens is 206 g/mol. The highest BCUT2D eigenvalue weighted by molar-refractivity contribution is 9.11. The van der Waals surface area contributed by atoms with Gasteiger partial charge in [0.1, 0.15) is 0 Å². The minimum atomic E-state index is -0.317. The fraction of sp³-hybridized carbons (Fsp3) is 0.333. The summed E-state index contributed by atoms with van der Waals surface area (Å²) in [5, 5.41) is 0.230. The summed E-state index contributed by atoms with van der Waals surface area (Å²) in [5.41, 5.74) is 0. The zero-order chi connectivity index (χ0) is 6.85. The van der Waals surface area contributed by atoms with Crippen molar-refractivity contribution in [2.45, 2.75) is 12.8 Å². The Hall–Kier alpha value is 0.180. The van der Waals surface area contributed by atoms with Crippen molar-refractivity contribution in [3.63, 3.8) is 0 Å². The first-order valence-corrected chi connectivity index (χ1v) is 3.79. The number of halogens is 3. The molecule has 0 bridgehead atoms. The Morgan fingerprint density at radius 3 is 2.78 bits per heavy atom. The largest absolute Gasteiger partial charge is 0.204 e. The van der Waals surface area contributed by atoms with Gasteiger partial charge in [-0.15, -0.1) is 0 Å². The van der Waals surface area contributed by atoms with E-state index >= 15 is 0 Å². The quantitative estimate of drug-likeness (QED) is 0.575. The van der Waals surface area contributed by atoms with Crippen LogP contribution in [0.3, 0.4) is 0 Å². The molecule has 0 nitrogen and oxygen atoms in total. The topological polar surface area (TPSA) is 0 Å². The second-order valence-corrected chi connectivity index (χ2v) is 3.17. The predicted molar refractivity (Wildman–Crippen MR) is 40.2 cm³/mol. The highest BCUT2D eigenvalue weighted by Gasteiger charge is 2.10. The molecule has 0 unspecified atom stereocenters. The van der Waals surface area contributed by atoms with E-state index in [0.29, 0.717) is 4.48 Å². The standard InChI is InChI=1S/C6H5BrClF/c7-4-2-1-3-5(8)6(4)9/h3H,1-2H2. The predicted octanol–water partition coefficient (Wildman–Crippen LogP) is 3.48. The van der Waals surface area contributed by atoms with Crippen molar-refractivity contribution in [3.8, 4) is 0 Å². The smallest absolute Gasteiger partial charge is 0.151 e. The second kappa shape index (κ2) is 2.84. The van der Waals surface area contributed by atoms with Gasteiger partial charge in [0, 0.05) is 4.48 Å². The van der Waals surface area contributed by atoms with E-state index in [4.69, 9.17) is 11.6 Å². The number of hydrogen-bond donors (Lipinski definition) is 0. The van der Waals surface area contributed by atoms with E-state index in [-0.39, 0.29) is 10.9 Å². The normalized spacial score (nSPS) is 20.1. The van der Waals surface area contributed by atoms with Crippen LogP contribution in [-0.2, 0) is 0 Å². The second-order valence-electron chi connectivity index (χ2n) is 1.81. The summed E-state index contributed by atoms with van der Waals surface area (Å²) in [7, 11) is 0. The van der Waals surface area contributed by atoms with Gasteiger partial charge in [0.05, 0.1) is 5.03 Å². The van der Waals surface area contributed by atoms with E-state index in [9.17, 15) is 4.39 Å². The van der Waals surface area contributed by atoms with Crippen LogP contribution in [-0.4, -0.2) is 0 Å². The van der Waals surface area contributed by atoms with E-state index in [1.54, 1.807) is 6.08 Å². The van der Waals surface area contributed by atoms with Gasteiger partial charge in [0.15, 0.2) is 5.83 Å². The van der Waals surface area contributed by atoms with Crippen LogP contribution in [0.2, 0.25) is 0 Å². The van der Waals surface area contributed by atoms with Gasteiger partial charge in [0.2, 0.25) is 0 Å². The maximum absolute atomic E-state index is 12.6. The van der Waals surface area contributed by atoms with Crippen molar-refractivity contribution in [1.29, 1.82) is 0 Å². The van der Waals surface area contributed by atoms with Crippen molar-refractivity contribution in [2.75, 3.05) is 0 Å². The minimum absolute atomic E-state index is 0.230. The van der Waals surface area contributed by atoms with Crippen LogP contribution in [0.5, 0.6) is 0 Å². The minimum Gasteiger partial charge on any atom is -0.204 e. The summed E-state index contributed by atoms with van der Waals surface area (Å²) in [5.74, 6) is -0.317. The molecule has 0 aromatic heterocycles. The molecule has 1 aliphatic rings. The molecule has 0 saturated heterocycles. The van der Waals surface area contributed by atoms with E-state index in [0.717, 1.165) is 12.8 Å². The van der Waals surface area contributed by atoms with Gasteiger partial charge in [0.25, 0.3) is 0 Å². The summed E-state index contributed by atoms with van der Waals surface area (Å²) in [4.78, 5) is 0. The zero-order valence-electron chi connectivity index (χ0n) is 4.63. The third-order valence-electron chi connectivity index (χ3n) is 1.14. The molecule has 0 fully saturated rings. The summed E-state index contributed by atoms with van der Waals surface area (Å²) in [6.45, 7) is 0. The highest BCUT2D eigenvalue weighted by atomic mass is 79.9. The molecule has 0 aromatic carbocycles. The van der Waals surface area contributed by atoms with Gasteiger partial charge in [-0.05, 0) is 12.8 Å². The summed E-state index contributed by atoms with van der Waals surface area (Å²) in [6.07, 6.45) is 3.23. The van der Waals surface area contributed by atoms with E-state index in [2.05, 4.69) is 15.9 Å². The Kier molecular flexibility index (Phi) is 2.30. The van der Waals surface area contributed by atoms with E-state index in [1.165, 1.54) is 0 Å². The lowest BCUT2D eigenvalue weighted by molar-refractivity contribution is 0.644. The van der Waals surface area contributed by atoms with Crippen LogP contribution in [0, 0.1) is 0 Å². The van der Waals surface area contributed by atoms with Crippen LogP contribution >= 0.6 is 27.5 Å². The van der Waals surface area contributed by atoms with Crippen molar-refractivity contribution >= 4 is 27.5 Å². The fourth-order valence-electron chi connectivity index (χ4n) is 0.655. The molecule has 50 valence electrons. The summed E-state index contributed by atoms with van der Waals surface area (Å²) in [6, 6.07) is 0. The molecule has 3 heteroatoms. The number of hydrogen-bond acceptors (Lipinski definition) is 0. The molecule has 0 radical (unpaired) electrons. The monoisotopic (exact) mass is 210 g/mol. The maximum atomic E-state index is 12.6. The first-order valence-electron chi connectivity index (χ1n) is 2.62. The number of rotatable bonds is 0. The van der Waals surface area contributed by atoms with Crippen LogP contribution in [0.4, 0.5) is 4.39 Å². The molecule has 0 N–H and O–H groups in total. The molecule has 0 amide bonds. The van der Waals surface area contributed by atoms with Gasteiger partial charge in [-0.1, -0.05) is 33.6 Å². The molecule has 9 heavy (non-hydrogen) atoms. The first-order chi connectivity index (χ1) is 4.22. The summed E-state index contributed by atoms with van der Waals surface area (Å²) >= 11 is 8.53. The lowest BCUT2D eigenvalue weighted by atomic mass is 10.2. The molecule has 1 aliphatic carbocycles. The summed E-state index contributed by atoms with van der Waals surface area (Å²) < 4.78 is 13.2. The maximum Gasteiger partial charge on any atom is 0.151 e. The average Bonchev–Trinajstić information content (AvgIpc) is 1.83. The Labute approximate surface area is 66.5 Å². The number of allylic oxidation sites excluding steroid dienone is 4. The highest BCUT2D eigenvalue weighted by Crippen LogP contribution is 2.31. The molecule has 1 rings (SSSR count). The fourth-order valence-corrected chi connectivity index (χ4v) is 1.43. The molecule has 0 saturated carbocycles. The van der Waals surface area contributed by atoms with Gasteiger partial charge < -0.3 is 0 Å². The lowest BCUT2D eigenvalue weighted by Gasteiger charge is -2.05. The Bertz CT molecular complexity index is 183. The molecule has 0 spiro atoms.